The Morgan fingerprint density at radius 3 is 2.17 bits per heavy atom. The van der Waals surface area contributed by atoms with Gasteiger partial charge in [-0.15, -0.1) is 0 Å². The van der Waals surface area contributed by atoms with Gasteiger partial charge in [0.25, 0.3) is 0 Å². The second-order valence-corrected chi connectivity index (χ2v) is 8.74. The second kappa shape index (κ2) is 10.2. The van der Waals surface area contributed by atoms with Crippen molar-refractivity contribution in [2.24, 2.45) is 0 Å². The van der Waals surface area contributed by atoms with Crippen LogP contribution >= 0.6 is 23.2 Å². The van der Waals surface area contributed by atoms with Crippen LogP contribution in [-0.2, 0) is 11.3 Å². The molecule has 0 N–H and O–H groups in total. The Kier molecular flexibility index (Phi) is 6.66. The molecule has 35 heavy (non-hydrogen) atoms. The summed E-state index contributed by atoms with van der Waals surface area (Å²) < 4.78 is 7.96. The normalized spacial score (nSPS) is 11.5. The van der Waals surface area contributed by atoms with Crippen molar-refractivity contribution in [2.45, 2.75) is 6.54 Å². The monoisotopic (exact) mass is 498 g/mol. The highest BCUT2D eigenvalue weighted by Crippen LogP contribution is 2.27. The van der Waals surface area contributed by atoms with Crippen LogP contribution in [-0.4, -0.2) is 15.5 Å². The summed E-state index contributed by atoms with van der Waals surface area (Å²) in [7, 11) is 0. The van der Waals surface area contributed by atoms with Gasteiger partial charge in [-0.1, -0.05) is 89.9 Å². The number of esters is 1. The third kappa shape index (κ3) is 5.14. The number of benzene rings is 4. The zero-order valence-corrected chi connectivity index (χ0v) is 20.1. The molecule has 1 aromatic heterocycles. The predicted octanol–water partition coefficient (Wildman–Crippen LogP) is 7.75. The Labute approximate surface area is 213 Å². The first-order valence-corrected chi connectivity index (χ1v) is 11.8. The van der Waals surface area contributed by atoms with E-state index in [0.29, 0.717) is 33.7 Å². The molecule has 0 bridgehead atoms. The van der Waals surface area contributed by atoms with E-state index < -0.39 is 5.97 Å². The summed E-state index contributed by atoms with van der Waals surface area (Å²) in [6.45, 7) is 0.512. The standard InChI is InChI=1S/C29H20Cl2N2O2/c30-23-16-15-20(17-24(23)31)19-33-26-14-8-7-13-25(26)32-28(33)18-27(21-9-3-1-4-10-21)35-29(34)22-11-5-2-6-12-22/h1-18H,19H2. The summed E-state index contributed by atoms with van der Waals surface area (Å²) in [5.74, 6) is 0.620. The third-order valence-electron chi connectivity index (χ3n) is 5.54. The van der Waals surface area contributed by atoms with Gasteiger partial charge in [0.2, 0.25) is 0 Å². The number of aromatic nitrogens is 2. The molecule has 0 aliphatic heterocycles. The van der Waals surface area contributed by atoms with Crippen LogP contribution in [0.5, 0.6) is 0 Å². The molecule has 0 saturated carbocycles. The molecular formula is C29H20Cl2N2O2. The molecule has 4 aromatic carbocycles. The van der Waals surface area contributed by atoms with Crippen LogP contribution in [0.15, 0.2) is 103 Å². The molecular weight excluding hydrogens is 479 g/mol. The molecule has 0 unspecified atom stereocenters. The molecule has 0 aliphatic carbocycles. The average Bonchev–Trinajstić information content (AvgIpc) is 3.23. The molecule has 0 aliphatic rings. The Balaban J connectivity index is 1.61. The van der Waals surface area contributed by atoms with E-state index in [-0.39, 0.29) is 0 Å². The number of rotatable bonds is 6. The number of nitrogens with zero attached hydrogens (tertiary/aromatic N) is 2. The number of carbonyl (C=O) groups is 1. The summed E-state index contributed by atoms with van der Waals surface area (Å²) in [5.41, 5.74) is 4.00. The zero-order valence-electron chi connectivity index (χ0n) is 18.6. The van der Waals surface area contributed by atoms with E-state index in [9.17, 15) is 4.79 Å². The van der Waals surface area contributed by atoms with Crippen LogP contribution in [0.4, 0.5) is 0 Å². The van der Waals surface area contributed by atoms with Crippen molar-refractivity contribution >= 4 is 52.0 Å². The minimum atomic E-state index is -0.437. The largest absolute Gasteiger partial charge is 0.422 e. The maximum Gasteiger partial charge on any atom is 0.343 e. The van der Waals surface area contributed by atoms with Crippen molar-refractivity contribution < 1.29 is 9.53 Å². The Morgan fingerprint density at radius 1 is 0.800 bits per heavy atom. The lowest BCUT2D eigenvalue weighted by molar-refractivity contribution is 0.0693. The van der Waals surface area contributed by atoms with Crippen LogP contribution in [0.2, 0.25) is 10.0 Å². The molecule has 0 amide bonds. The van der Waals surface area contributed by atoms with E-state index >= 15 is 0 Å². The van der Waals surface area contributed by atoms with Crippen molar-refractivity contribution in [3.63, 3.8) is 0 Å². The van der Waals surface area contributed by atoms with Crippen molar-refractivity contribution in [2.75, 3.05) is 0 Å². The lowest BCUT2D eigenvalue weighted by Crippen LogP contribution is -2.06. The number of hydrogen-bond acceptors (Lipinski definition) is 3. The van der Waals surface area contributed by atoms with E-state index in [0.717, 1.165) is 22.2 Å². The Morgan fingerprint density at radius 2 is 1.46 bits per heavy atom. The smallest absolute Gasteiger partial charge is 0.343 e. The van der Waals surface area contributed by atoms with Crippen LogP contribution < -0.4 is 0 Å². The number of halogens is 2. The van der Waals surface area contributed by atoms with E-state index in [1.165, 1.54) is 0 Å². The van der Waals surface area contributed by atoms with Crippen molar-refractivity contribution in [1.82, 2.24) is 9.55 Å². The second-order valence-electron chi connectivity index (χ2n) is 7.92. The molecule has 1 heterocycles. The van der Waals surface area contributed by atoms with Crippen LogP contribution in [0.25, 0.3) is 22.9 Å². The number of hydrogen-bond donors (Lipinski definition) is 0. The SMILES string of the molecule is O=C(OC(=Cc1nc2ccccc2n1Cc1ccc(Cl)c(Cl)c1)c1ccccc1)c1ccccc1. The summed E-state index contributed by atoms with van der Waals surface area (Å²) in [6, 6.07) is 31.9. The van der Waals surface area contributed by atoms with Gasteiger partial charge < -0.3 is 9.30 Å². The molecule has 6 heteroatoms. The highest BCUT2D eigenvalue weighted by atomic mass is 35.5. The molecule has 0 atom stereocenters. The first-order chi connectivity index (χ1) is 17.1. The molecule has 0 fully saturated rings. The van der Waals surface area contributed by atoms with Gasteiger partial charge in [-0.3, -0.25) is 0 Å². The lowest BCUT2D eigenvalue weighted by atomic mass is 10.1. The average molecular weight is 499 g/mol. The number of para-hydroxylation sites is 2. The maximum atomic E-state index is 12.9. The summed E-state index contributed by atoms with van der Waals surface area (Å²) in [6.07, 6.45) is 1.80. The summed E-state index contributed by atoms with van der Waals surface area (Å²) in [4.78, 5) is 17.7. The Bertz CT molecular complexity index is 1530. The molecule has 172 valence electrons. The molecule has 5 rings (SSSR count). The van der Waals surface area contributed by atoms with Gasteiger partial charge in [0.15, 0.2) is 0 Å². The number of ether oxygens (including phenoxy) is 1. The van der Waals surface area contributed by atoms with Crippen LogP contribution in [0.1, 0.15) is 27.3 Å². The van der Waals surface area contributed by atoms with Gasteiger partial charge in [0.1, 0.15) is 11.6 Å². The predicted molar refractivity (Wildman–Crippen MR) is 141 cm³/mol. The Hall–Kier alpha value is -3.86. The van der Waals surface area contributed by atoms with Gasteiger partial charge in [0.05, 0.1) is 26.6 Å². The van der Waals surface area contributed by atoms with Gasteiger partial charge in [-0.25, -0.2) is 9.78 Å². The molecule has 0 saturated heterocycles. The maximum absolute atomic E-state index is 12.9. The first kappa shape index (κ1) is 22.9. The van der Waals surface area contributed by atoms with E-state index in [4.69, 9.17) is 32.9 Å². The minimum absolute atomic E-state index is 0.408. The first-order valence-electron chi connectivity index (χ1n) is 11.0. The molecule has 0 radical (unpaired) electrons. The third-order valence-corrected chi connectivity index (χ3v) is 6.28. The fourth-order valence-corrected chi connectivity index (χ4v) is 4.14. The van der Waals surface area contributed by atoms with Crippen molar-refractivity contribution in [3.05, 3.63) is 136 Å². The highest BCUT2D eigenvalue weighted by molar-refractivity contribution is 6.42. The fourth-order valence-electron chi connectivity index (χ4n) is 3.82. The van der Waals surface area contributed by atoms with E-state index in [1.807, 2.05) is 72.8 Å². The van der Waals surface area contributed by atoms with Gasteiger partial charge in [-0.2, -0.15) is 0 Å². The summed E-state index contributed by atoms with van der Waals surface area (Å²) >= 11 is 12.4. The van der Waals surface area contributed by atoms with Gasteiger partial charge >= 0.3 is 5.97 Å². The lowest BCUT2D eigenvalue weighted by Gasteiger charge is -2.12. The fraction of sp³-hybridized carbons (Fsp3) is 0.0345. The highest BCUT2D eigenvalue weighted by Gasteiger charge is 2.16. The van der Waals surface area contributed by atoms with Gasteiger partial charge in [-0.05, 0) is 42.0 Å². The quantitative estimate of drug-likeness (QED) is 0.177. The zero-order chi connectivity index (χ0) is 24.2. The van der Waals surface area contributed by atoms with Crippen molar-refractivity contribution in [3.8, 4) is 0 Å². The van der Waals surface area contributed by atoms with Crippen molar-refractivity contribution in [1.29, 1.82) is 0 Å². The van der Waals surface area contributed by atoms with E-state index in [2.05, 4.69) is 4.57 Å². The molecule has 0 spiro atoms. The van der Waals surface area contributed by atoms with Crippen LogP contribution in [0.3, 0.4) is 0 Å². The topological polar surface area (TPSA) is 44.1 Å². The van der Waals surface area contributed by atoms with Gasteiger partial charge in [0, 0.05) is 18.2 Å². The van der Waals surface area contributed by atoms with Crippen LogP contribution in [0, 0.1) is 0 Å². The number of imidazole rings is 1. The summed E-state index contributed by atoms with van der Waals surface area (Å²) in [5, 5.41) is 0.998. The van der Waals surface area contributed by atoms with E-state index in [1.54, 1.807) is 36.4 Å². The number of carbonyl (C=O) groups excluding carboxylic acids is 1. The molecule has 4 nitrogen and oxygen atoms in total. The molecule has 5 aromatic rings. The minimum Gasteiger partial charge on any atom is -0.422 e. The number of fused-ring (bicyclic) bond motifs is 1.